The second-order valence-electron chi connectivity index (χ2n) is 9.34. The average Bonchev–Trinajstić information content (AvgIpc) is 3.23. The number of hydrogen-bond donors (Lipinski definition) is 3. The molecule has 0 bridgehead atoms. The van der Waals surface area contributed by atoms with E-state index in [4.69, 9.17) is 14.2 Å². The molecule has 210 valence electrons. The van der Waals surface area contributed by atoms with Gasteiger partial charge in [-0.2, -0.15) is 21.6 Å². The molecule has 1 heterocycles. The Bertz CT molecular complexity index is 1190. The van der Waals surface area contributed by atoms with Gasteiger partial charge in [-0.25, -0.2) is 9.37 Å². The van der Waals surface area contributed by atoms with Crippen LogP contribution in [-0.2, 0) is 24.4 Å². The van der Waals surface area contributed by atoms with Gasteiger partial charge in [-0.15, -0.1) is 0 Å². The molecule has 38 heavy (non-hydrogen) atoms. The van der Waals surface area contributed by atoms with Gasteiger partial charge in [-0.1, -0.05) is 19.9 Å². The molecule has 0 atom stereocenters. The molecule has 14 heteroatoms. The van der Waals surface area contributed by atoms with E-state index in [1.54, 1.807) is 6.92 Å². The quantitative estimate of drug-likeness (QED) is 0.422. The van der Waals surface area contributed by atoms with Gasteiger partial charge < -0.3 is 16.2 Å². The number of aryl methyl sites for hydroxylation is 2. The second-order valence-corrected chi connectivity index (χ2v) is 9.47. The monoisotopic (exact) mass is 562 g/mol. The minimum absolute atomic E-state index is 0.0344. The van der Waals surface area contributed by atoms with E-state index < -0.39 is 53.8 Å². The van der Waals surface area contributed by atoms with E-state index in [0.29, 0.717) is 18.8 Å². The Kier molecular flexibility index (Phi) is 10.7. The molecule has 1 aromatic carbocycles. The molecule has 2 amide bonds. The summed E-state index contributed by atoms with van der Waals surface area (Å²) < 4.78 is 70.2. The average molecular weight is 563 g/mol. The molecule has 1 saturated carbocycles. The molecule has 1 aliphatic rings. The number of alkyl halides is 3. The number of hydrogen-bond acceptors (Lipinski definition) is 6. The molecule has 0 saturated heterocycles. The SMILES string of the molecule is CCc1nc(C(=O)NCC2(O)CCC(C)CC2)c(C(N)=O)n1-c1ccc(CCC(F)(F)F)cc1F.O=S=O. The summed E-state index contributed by atoms with van der Waals surface area (Å²) in [6, 6.07) is 3.53. The number of aromatic nitrogens is 2. The Labute approximate surface area is 220 Å². The van der Waals surface area contributed by atoms with E-state index >= 15 is 0 Å². The van der Waals surface area contributed by atoms with E-state index in [1.165, 1.54) is 12.1 Å². The first kappa shape index (κ1) is 31.1. The van der Waals surface area contributed by atoms with Crippen LogP contribution in [0.4, 0.5) is 17.6 Å². The maximum absolute atomic E-state index is 15.0. The molecular formula is C24H30F4N4O5S. The molecule has 1 fully saturated rings. The zero-order chi connectivity index (χ0) is 28.7. The lowest BCUT2D eigenvalue weighted by Crippen LogP contribution is -2.45. The van der Waals surface area contributed by atoms with Crippen LogP contribution in [-0.4, -0.2) is 53.2 Å². The predicted octanol–water partition coefficient (Wildman–Crippen LogP) is 3.17. The molecule has 4 N–H and O–H groups in total. The number of halogens is 4. The van der Waals surface area contributed by atoms with Gasteiger partial charge in [0.2, 0.25) is 0 Å². The summed E-state index contributed by atoms with van der Waals surface area (Å²) in [5, 5.41) is 13.4. The van der Waals surface area contributed by atoms with Crippen molar-refractivity contribution in [1.82, 2.24) is 14.9 Å². The fourth-order valence-electron chi connectivity index (χ4n) is 4.33. The normalized spacial score (nSPS) is 19.3. The van der Waals surface area contributed by atoms with Crippen LogP contribution in [0, 0.1) is 11.7 Å². The van der Waals surface area contributed by atoms with Crippen LogP contribution in [0.25, 0.3) is 5.69 Å². The van der Waals surface area contributed by atoms with Crippen LogP contribution < -0.4 is 11.1 Å². The van der Waals surface area contributed by atoms with Gasteiger partial charge >= 0.3 is 17.7 Å². The number of nitrogens with one attached hydrogen (secondary N) is 1. The largest absolute Gasteiger partial charge is 0.389 e. The maximum Gasteiger partial charge on any atom is 0.389 e. The van der Waals surface area contributed by atoms with Crippen molar-refractivity contribution >= 4 is 23.4 Å². The Balaban J connectivity index is 0.00000161. The van der Waals surface area contributed by atoms with Gasteiger partial charge in [0.1, 0.15) is 17.3 Å². The van der Waals surface area contributed by atoms with Crippen LogP contribution in [0.15, 0.2) is 18.2 Å². The number of amides is 2. The van der Waals surface area contributed by atoms with Gasteiger partial charge in [0.15, 0.2) is 5.69 Å². The number of carbonyl (C=O) groups is 2. The molecule has 3 rings (SSSR count). The van der Waals surface area contributed by atoms with Crippen LogP contribution >= 0.6 is 0 Å². The summed E-state index contributed by atoms with van der Waals surface area (Å²) in [5.41, 5.74) is 3.81. The molecule has 2 aromatic rings. The lowest BCUT2D eigenvalue weighted by atomic mass is 9.79. The zero-order valence-electron chi connectivity index (χ0n) is 20.9. The Morgan fingerprint density at radius 1 is 1.26 bits per heavy atom. The smallest absolute Gasteiger partial charge is 0.388 e. The number of benzene rings is 1. The third-order valence-corrected chi connectivity index (χ3v) is 6.44. The summed E-state index contributed by atoms with van der Waals surface area (Å²) in [6.07, 6.45) is -2.96. The fourth-order valence-corrected chi connectivity index (χ4v) is 4.33. The Morgan fingerprint density at radius 3 is 2.37 bits per heavy atom. The van der Waals surface area contributed by atoms with Gasteiger partial charge in [0.05, 0.1) is 11.3 Å². The lowest BCUT2D eigenvalue weighted by molar-refractivity contribution is -0.134. The van der Waals surface area contributed by atoms with Crippen molar-refractivity contribution in [2.24, 2.45) is 11.7 Å². The van der Waals surface area contributed by atoms with Gasteiger partial charge in [0.25, 0.3) is 11.8 Å². The van der Waals surface area contributed by atoms with Crippen molar-refractivity contribution in [3.05, 3.63) is 46.8 Å². The van der Waals surface area contributed by atoms with Crippen molar-refractivity contribution in [3.63, 3.8) is 0 Å². The molecule has 0 unspecified atom stereocenters. The molecule has 1 aliphatic carbocycles. The Morgan fingerprint density at radius 2 is 1.87 bits per heavy atom. The molecule has 1 aromatic heterocycles. The molecule has 9 nitrogen and oxygen atoms in total. The van der Waals surface area contributed by atoms with Crippen molar-refractivity contribution in [2.45, 2.75) is 70.6 Å². The Hall–Kier alpha value is -3.13. The summed E-state index contributed by atoms with van der Waals surface area (Å²) in [5.74, 6) is -1.97. The van der Waals surface area contributed by atoms with E-state index in [2.05, 4.69) is 17.2 Å². The summed E-state index contributed by atoms with van der Waals surface area (Å²) >= 11 is -0.750. The van der Waals surface area contributed by atoms with Gasteiger partial charge in [-0.3, -0.25) is 14.2 Å². The highest BCUT2D eigenvalue weighted by Gasteiger charge is 2.34. The summed E-state index contributed by atoms with van der Waals surface area (Å²) in [4.78, 5) is 29.5. The number of primary amides is 1. The van der Waals surface area contributed by atoms with Crippen LogP contribution in [0.2, 0.25) is 0 Å². The number of rotatable bonds is 8. The van der Waals surface area contributed by atoms with Crippen molar-refractivity contribution < 1.29 is 40.7 Å². The number of imidazole rings is 1. The number of nitrogens with two attached hydrogens (primary N) is 1. The molecule has 0 spiro atoms. The minimum Gasteiger partial charge on any atom is -0.388 e. The van der Waals surface area contributed by atoms with Gasteiger partial charge in [-0.05, 0) is 55.7 Å². The molecule has 0 radical (unpaired) electrons. The van der Waals surface area contributed by atoms with E-state index in [0.717, 1.165) is 23.5 Å². The summed E-state index contributed by atoms with van der Waals surface area (Å²) in [7, 11) is 0. The van der Waals surface area contributed by atoms with Crippen molar-refractivity contribution in [2.75, 3.05) is 6.54 Å². The third-order valence-electron chi connectivity index (χ3n) is 6.44. The van der Waals surface area contributed by atoms with E-state index in [9.17, 15) is 32.3 Å². The topological polar surface area (TPSA) is 144 Å². The van der Waals surface area contributed by atoms with Crippen LogP contribution in [0.1, 0.15) is 78.3 Å². The van der Waals surface area contributed by atoms with E-state index in [-0.39, 0.29) is 41.4 Å². The molecule has 0 aliphatic heterocycles. The summed E-state index contributed by atoms with van der Waals surface area (Å²) in [6.45, 7) is 3.75. The first-order chi connectivity index (χ1) is 17.7. The number of aliphatic hydroxyl groups is 1. The second kappa shape index (κ2) is 13.1. The van der Waals surface area contributed by atoms with Crippen LogP contribution in [0.5, 0.6) is 0 Å². The predicted molar refractivity (Wildman–Crippen MR) is 130 cm³/mol. The van der Waals surface area contributed by atoms with Crippen LogP contribution in [0.3, 0.4) is 0 Å². The standard InChI is InChI=1S/C24H30F4N4O3.O2S/c1-3-18-31-19(22(34)30-13-23(35)9-6-14(2)7-10-23)20(21(29)33)32(18)17-5-4-15(12-16(17)25)8-11-24(26,27)28;1-3-2/h4-5,12,14,35H,3,6-11,13H2,1-2H3,(H2,29,33)(H,30,34);. The molecular weight excluding hydrogens is 532 g/mol. The third kappa shape index (κ3) is 8.18. The highest BCUT2D eigenvalue weighted by molar-refractivity contribution is 7.51. The van der Waals surface area contributed by atoms with Gasteiger partial charge in [0, 0.05) is 19.4 Å². The van der Waals surface area contributed by atoms with Crippen molar-refractivity contribution in [1.29, 1.82) is 0 Å². The minimum atomic E-state index is -4.38. The first-order valence-electron chi connectivity index (χ1n) is 11.9. The number of nitrogens with zero attached hydrogens (tertiary/aromatic N) is 2. The lowest BCUT2D eigenvalue weighted by Gasteiger charge is -2.34. The maximum atomic E-state index is 15.0. The highest BCUT2D eigenvalue weighted by Crippen LogP contribution is 2.31. The first-order valence-corrected chi connectivity index (χ1v) is 12.6. The number of carbonyl (C=O) groups excluding carboxylic acids is 2. The fraction of sp³-hybridized carbons (Fsp3) is 0.542. The highest BCUT2D eigenvalue weighted by atomic mass is 32.1. The zero-order valence-corrected chi connectivity index (χ0v) is 21.8. The van der Waals surface area contributed by atoms with E-state index in [1.807, 2.05) is 0 Å². The van der Waals surface area contributed by atoms with Crippen molar-refractivity contribution in [3.8, 4) is 5.69 Å².